The van der Waals surface area contributed by atoms with Crippen LogP contribution >= 0.6 is 0 Å². The molecule has 0 amide bonds. The molecule has 0 bridgehead atoms. The van der Waals surface area contributed by atoms with E-state index in [0.717, 1.165) is 19.8 Å². The van der Waals surface area contributed by atoms with Gasteiger partial charge < -0.3 is 5.32 Å². The Balaban J connectivity index is 1.96. The second-order valence-corrected chi connectivity index (χ2v) is 7.28. The number of nitrogens with one attached hydrogen (secondary N) is 1. The summed E-state index contributed by atoms with van der Waals surface area (Å²) in [6.07, 6.45) is 5.04. The van der Waals surface area contributed by atoms with Crippen molar-refractivity contribution in [2.45, 2.75) is 45.2 Å². The lowest BCUT2D eigenvalue weighted by atomic mass is 9.82. The molecule has 1 atom stereocenters. The fourth-order valence-electron chi connectivity index (χ4n) is 4.27. The number of hydrogen-bond donors (Lipinski definition) is 1. The molecule has 2 heterocycles. The largest absolute Gasteiger partial charge is 0.303 e. The Morgan fingerprint density at radius 1 is 1.13 bits per heavy atom. The summed E-state index contributed by atoms with van der Waals surface area (Å²) in [5.74, 6) is 0. The number of rotatable bonds is 5. The van der Waals surface area contributed by atoms with Crippen LogP contribution in [0.15, 0.2) is 42.0 Å². The molecule has 0 radical (unpaired) electrons. The van der Waals surface area contributed by atoms with Crippen LogP contribution in [0.3, 0.4) is 0 Å². The summed E-state index contributed by atoms with van der Waals surface area (Å²) in [5, 5.41) is 3.51. The fourth-order valence-corrected chi connectivity index (χ4v) is 4.27. The van der Waals surface area contributed by atoms with Crippen LogP contribution in [-0.4, -0.2) is 48.2 Å². The molecule has 1 N–H and O–H groups in total. The Morgan fingerprint density at radius 2 is 1.83 bits per heavy atom. The Bertz CT molecular complexity index is 523. The predicted octanol–water partition coefficient (Wildman–Crippen LogP) is 3.41. The fraction of sp³-hybridized carbons (Fsp3) is 0.600. The summed E-state index contributed by atoms with van der Waals surface area (Å²) in [7, 11) is 0. The highest BCUT2D eigenvalue weighted by atomic mass is 15.3. The first-order valence-corrected chi connectivity index (χ1v) is 9.06. The van der Waals surface area contributed by atoms with E-state index >= 15 is 0 Å². The van der Waals surface area contributed by atoms with Gasteiger partial charge >= 0.3 is 0 Å². The van der Waals surface area contributed by atoms with Gasteiger partial charge in [0.25, 0.3) is 0 Å². The highest BCUT2D eigenvalue weighted by Gasteiger charge is 2.38. The predicted molar refractivity (Wildman–Crippen MR) is 97.4 cm³/mol. The number of hydrogen-bond acceptors (Lipinski definition) is 3. The van der Waals surface area contributed by atoms with E-state index in [1.54, 1.807) is 0 Å². The van der Waals surface area contributed by atoms with E-state index in [-0.39, 0.29) is 5.54 Å². The van der Waals surface area contributed by atoms with Gasteiger partial charge in [-0.3, -0.25) is 9.80 Å². The summed E-state index contributed by atoms with van der Waals surface area (Å²) in [5.41, 5.74) is 3.06. The van der Waals surface area contributed by atoms with Crippen LogP contribution in [0.2, 0.25) is 0 Å². The van der Waals surface area contributed by atoms with Crippen LogP contribution in [0.5, 0.6) is 0 Å². The van der Waals surface area contributed by atoms with Crippen molar-refractivity contribution in [2.75, 3.05) is 32.8 Å². The van der Waals surface area contributed by atoms with Crippen molar-refractivity contribution in [1.82, 2.24) is 15.1 Å². The molecule has 0 aromatic heterocycles. The van der Waals surface area contributed by atoms with E-state index in [2.05, 4.69) is 72.3 Å². The van der Waals surface area contributed by atoms with E-state index in [1.165, 1.54) is 37.1 Å². The van der Waals surface area contributed by atoms with Crippen molar-refractivity contribution in [3.63, 3.8) is 0 Å². The third kappa shape index (κ3) is 3.37. The van der Waals surface area contributed by atoms with Crippen LogP contribution in [0.4, 0.5) is 0 Å². The van der Waals surface area contributed by atoms with E-state index in [4.69, 9.17) is 0 Å². The Kier molecular flexibility index (Phi) is 5.20. The summed E-state index contributed by atoms with van der Waals surface area (Å²) in [4.78, 5) is 5.25. The van der Waals surface area contributed by atoms with Crippen molar-refractivity contribution in [1.29, 1.82) is 0 Å². The maximum absolute atomic E-state index is 3.51. The Morgan fingerprint density at radius 3 is 2.39 bits per heavy atom. The zero-order chi connectivity index (χ0) is 16.3. The maximum atomic E-state index is 3.51. The second kappa shape index (κ2) is 7.16. The average molecular weight is 313 g/mol. The van der Waals surface area contributed by atoms with E-state index in [0.29, 0.717) is 6.04 Å². The highest BCUT2D eigenvalue weighted by Crippen LogP contribution is 2.39. The molecular formula is C20H31N3. The molecule has 1 unspecified atom stereocenters. The van der Waals surface area contributed by atoms with Gasteiger partial charge in [-0.2, -0.15) is 0 Å². The van der Waals surface area contributed by atoms with E-state index < -0.39 is 0 Å². The van der Waals surface area contributed by atoms with Gasteiger partial charge in [0.05, 0.1) is 6.04 Å². The van der Waals surface area contributed by atoms with Crippen molar-refractivity contribution in [3.05, 3.63) is 47.5 Å². The average Bonchev–Trinajstić information content (AvgIpc) is 3.26. The molecule has 3 heteroatoms. The van der Waals surface area contributed by atoms with Gasteiger partial charge in [0.2, 0.25) is 0 Å². The number of nitrogens with zero attached hydrogens (tertiary/aromatic N) is 2. The van der Waals surface area contributed by atoms with E-state index in [9.17, 15) is 0 Å². The van der Waals surface area contributed by atoms with Crippen LogP contribution in [-0.2, 0) is 0 Å². The van der Waals surface area contributed by atoms with Gasteiger partial charge in [-0.05, 0) is 57.8 Å². The third-order valence-electron chi connectivity index (χ3n) is 5.58. The zero-order valence-corrected chi connectivity index (χ0v) is 14.9. The van der Waals surface area contributed by atoms with Gasteiger partial charge in [0.1, 0.15) is 0 Å². The highest BCUT2D eigenvalue weighted by molar-refractivity contribution is 5.34. The molecular weight excluding hydrogens is 282 g/mol. The molecule has 3 rings (SSSR count). The molecule has 1 aromatic rings. The number of likely N-dealkylation sites (tertiary alicyclic amines) is 1. The first-order chi connectivity index (χ1) is 11.1. The second-order valence-electron chi connectivity index (χ2n) is 7.28. The summed E-state index contributed by atoms with van der Waals surface area (Å²) in [6.45, 7) is 12.7. The molecule has 2 aliphatic heterocycles. The SMILES string of the molecule is C/C=C(\C(c1ccccc1)N1CCNC1)C(C)(C)N1CCCC1. The van der Waals surface area contributed by atoms with Crippen molar-refractivity contribution in [2.24, 2.45) is 0 Å². The van der Waals surface area contributed by atoms with Gasteiger partial charge in [-0.25, -0.2) is 0 Å². The van der Waals surface area contributed by atoms with Crippen molar-refractivity contribution in [3.8, 4) is 0 Å². The first-order valence-electron chi connectivity index (χ1n) is 9.06. The molecule has 2 saturated heterocycles. The molecule has 3 nitrogen and oxygen atoms in total. The lowest BCUT2D eigenvalue weighted by molar-refractivity contribution is 0.156. The molecule has 0 aliphatic carbocycles. The van der Waals surface area contributed by atoms with Gasteiger partial charge in [-0.15, -0.1) is 0 Å². The topological polar surface area (TPSA) is 18.5 Å². The molecule has 126 valence electrons. The number of allylic oxidation sites excluding steroid dienone is 1. The zero-order valence-electron chi connectivity index (χ0n) is 14.9. The van der Waals surface area contributed by atoms with Crippen LogP contribution in [0.25, 0.3) is 0 Å². The lowest BCUT2D eigenvalue weighted by Gasteiger charge is -2.43. The van der Waals surface area contributed by atoms with E-state index in [1.807, 2.05) is 0 Å². The van der Waals surface area contributed by atoms with Crippen LogP contribution in [0.1, 0.15) is 45.2 Å². The summed E-state index contributed by atoms with van der Waals surface area (Å²) < 4.78 is 0. The van der Waals surface area contributed by atoms with Crippen molar-refractivity contribution < 1.29 is 0 Å². The van der Waals surface area contributed by atoms with Gasteiger partial charge in [0, 0.05) is 25.3 Å². The van der Waals surface area contributed by atoms with Gasteiger partial charge in [0.15, 0.2) is 0 Å². The minimum absolute atomic E-state index is 0.106. The smallest absolute Gasteiger partial charge is 0.0591 e. The molecule has 0 saturated carbocycles. The quantitative estimate of drug-likeness (QED) is 0.841. The third-order valence-corrected chi connectivity index (χ3v) is 5.58. The van der Waals surface area contributed by atoms with Crippen molar-refractivity contribution >= 4 is 0 Å². The maximum Gasteiger partial charge on any atom is 0.0591 e. The minimum Gasteiger partial charge on any atom is -0.303 e. The summed E-state index contributed by atoms with van der Waals surface area (Å²) in [6, 6.07) is 11.4. The Hall–Kier alpha value is -1.16. The Labute approximate surface area is 141 Å². The summed E-state index contributed by atoms with van der Waals surface area (Å²) >= 11 is 0. The molecule has 0 spiro atoms. The normalized spacial score (nSPS) is 22.7. The molecule has 1 aromatic carbocycles. The van der Waals surface area contributed by atoms with Crippen LogP contribution in [0, 0.1) is 0 Å². The molecule has 2 fully saturated rings. The monoisotopic (exact) mass is 313 g/mol. The lowest BCUT2D eigenvalue weighted by Crippen LogP contribution is -2.47. The minimum atomic E-state index is 0.106. The molecule has 2 aliphatic rings. The van der Waals surface area contributed by atoms with Gasteiger partial charge in [-0.1, -0.05) is 36.4 Å². The first kappa shape index (κ1) is 16.7. The van der Waals surface area contributed by atoms with Crippen LogP contribution < -0.4 is 5.32 Å². The standard InChI is InChI=1S/C20H31N3/c1-4-18(20(2,3)23-13-8-9-14-23)19(22-15-12-21-16-22)17-10-6-5-7-11-17/h4-7,10-11,19,21H,8-9,12-16H2,1-3H3/b18-4+. The molecule has 23 heavy (non-hydrogen) atoms. The number of benzene rings is 1.